The predicted octanol–water partition coefficient (Wildman–Crippen LogP) is 4.92. The smallest absolute Gasteiger partial charge is 0.250 e. The largest absolute Gasteiger partial charge is 0.465 e. The SMILES string of the molecule is Cc1ccc(-c2nc3cc(NC(=S)NC(=O)/C=C/c4ccco4)ccc3o2)cc1. The van der Waals surface area contributed by atoms with Crippen molar-refractivity contribution in [3.63, 3.8) is 0 Å². The van der Waals surface area contributed by atoms with Gasteiger partial charge in [-0.3, -0.25) is 10.1 Å². The molecule has 0 fully saturated rings. The molecule has 2 heterocycles. The van der Waals surface area contributed by atoms with E-state index in [-0.39, 0.29) is 11.0 Å². The summed E-state index contributed by atoms with van der Waals surface area (Å²) in [7, 11) is 0. The molecule has 0 aliphatic rings. The van der Waals surface area contributed by atoms with E-state index in [0.29, 0.717) is 28.4 Å². The van der Waals surface area contributed by atoms with Crippen molar-refractivity contribution < 1.29 is 13.6 Å². The lowest BCUT2D eigenvalue weighted by atomic mass is 10.1. The number of rotatable bonds is 4. The normalized spacial score (nSPS) is 11.1. The van der Waals surface area contributed by atoms with E-state index in [1.54, 1.807) is 18.2 Å². The van der Waals surface area contributed by atoms with Crippen LogP contribution in [0.15, 0.2) is 75.8 Å². The minimum absolute atomic E-state index is 0.181. The Morgan fingerprint density at radius 3 is 2.72 bits per heavy atom. The van der Waals surface area contributed by atoms with Crippen LogP contribution in [-0.4, -0.2) is 16.0 Å². The zero-order chi connectivity index (χ0) is 20.2. The molecule has 4 aromatic rings. The van der Waals surface area contributed by atoms with Gasteiger partial charge < -0.3 is 14.2 Å². The molecule has 0 atom stereocenters. The van der Waals surface area contributed by atoms with E-state index in [9.17, 15) is 4.79 Å². The average molecular weight is 403 g/mol. The van der Waals surface area contributed by atoms with Gasteiger partial charge in [0.15, 0.2) is 10.7 Å². The molecule has 0 aliphatic carbocycles. The highest BCUT2D eigenvalue weighted by Gasteiger charge is 2.10. The number of aromatic nitrogens is 1. The summed E-state index contributed by atoms with van der Waals surface area (Å²) < 4.78 is 11.0. The van der Waals surface area contributed by atoms with Crippen LogP contribution >= 0.6 is 12.2 Å². The zero-order valence-electron chi connectivity index (χ0n) is 15.5. The van der Waals surface area contributed by atoms with Gasteiger partial charge in [0.2, 0.25) is 11.8 Å². The summed E-state index contributed by atoms with van der Waals surface area (Å²) in [5.41, 5.74) is 4.14. The van der Waals surface area contributed by atoms with Crippen molar-refractivity contribution in [3.05, 3.63) is 78.3 Å². The minimum Gasteiger partial charge on any atom is -0.465 e. The van der Waals surface area contributed by atoms with E-state index in [2.05, 4.69) is 15.6 Å². The van der Waals surface area contributed by atoms with Crippen LogP contribution in [0.3, 0.4) is 0 Å². The summed E-state index contributed by atoms with van der Waals surface area (Å²) in [5, 5.41) is 5.74. The van der Waals surface area contributed by atoms with Crippen LogP contribution < -0.4 is 10.6 Å². The maximum atomic E-state index is 11.9. The lowest BCUT2D eigenvalue weighted by Gasteiger charge is -2.07. The van der Waals surface area contributed by atoms with Gasteiger partial charge in [-0.2, -0.15) is 0 Å². The summed E-state index contributed by atoms with van der Waals surface area (Å²) in [4.78, 5) is 16.5. The van der Waals surface area contributed by atoms with Gasteiger partial charge in [-0.05, 0) is 67.7 Å². The Labute approximate surface area is 172 Å². The molecule has 0 spiro atoms. The Morgan fingerprint density at radius 1 is 1.14 bits per heavy atom. The highest BCUT2D eigenvalue weighted by molar-refractivity contribution is 7.80. The lowest BCUT2D eigenvalue weighted by Crippen LogP contribution is -2.32. The van der Waals surface area contributed by atoms with Crippen molar-refractivity contribution >= 4 is 46.1 Å². The van der Waals surface area contributed by atoms with Crippen LogP contribution in [0.2, 0.25) is 0 Å². The van der Waals surface area contributed by atoms with Crippen molar-refractivity contribution in [3.8, 4) is 11.5 Å². The number of nitrogens with one attached hydrogen (secondary N) is 2. The first kappa shape index (κ1) is 18.6. The van der Waals surface area contributed by atoms with Crippen LogP contribution in [0.1, 0.15) is 11.3 Å². The second-order valence-corrected chi connectivity index (χ2v) is 6.77. The first-order valence-electron chi connectivity index (χ1n) is 8.88. The predicted molar refractivity (Wildman–Crippen MR) is 116 cm³/mol. The molecule has 29 heavy (non-hydrogen) atoms. The number of carbonyl (C=O) groups is 1. The highest BCUT2D eigenvalue weighted by Crippen LogP contribution is 2.26. The number of oxazole rings is 1. The standard InChI is InChI=1S/C22H17N3O3S/c1-14-4-6-15(7-5-14)21-24-18-13-16(8-10-19(18)28-21)23-22(29)25-20(26)11-9-17-3-2-12-27-17/h2-13H,1H3,(H2,23,25,26,29)/b11-9+. The number of amides is 1. The summed E-state index contributed by atoms with van der Waals surface area (Å²) in [6, 6.07) is 16.9. The molecular formula is C22H17N3O3S. The maximum absolute atomic E-state index is 11.9. The summed E-state index contributed by atoms with van der Waals surface area (Å²) >= 11 is 5.20. The molecule has 0 unspecified atom stereocenters. The second kappa shape index (κ2) is 8.12. The number of furan rings is 1. The van der Waals surface area contributed by atoms with E-state index in [1.807, 2.05) is 49.4 Å². The van der Waals surface area contributed by atoms with Crippen molar-refractivity contribution in [2.75, 3.05) is 5.32 Å². The number of fused-ring (bicyclic) bond motifs is 1. The second-order valence-electron chi connectivity index (χ2n) is 6.36. The Kier molecular flexibility index (Phi) is 5.22. The fourth-order valence-corrected chi connectivity index (χ4v) is 2.90. The molecule has 0 aliphatic heterocycles. The number of carbonyl (C=O) groups excluding carboxylic acids is 1. The quantitative estimate of drug-likeness (QED) is 0.372. The van der Waals surface area contributed by atoms with E-state index in [1.165, 1.54) is 17.9 Å². The van der Waals surface area contributed by atoms with E-state index in [0.717, 1.165) is 5.56 Å². The summed E-state index contributed by atoms with van der Waals surface area (Å²) in [6.45, 7) is 2.03. The Morgan fingerprint density at radius 2 is 1.97 bits per heavy atom. The van der Waals surface area contributed by atoms with Gasteiger partial charge >= 0.3 is 0 Å². The molecule has 2 aromatic carbocycles. The molecule has 0 bridgehead atoms. The summed E-state index contributed by atoms with van der Waals surface area (Å²) in [5.74, 6) is 0.777. The van der Waals surface area contributed by atoms with E-state index >= 15 is 0 Å². The van der Waals surface area contributed by atoms with Crippen LogP contribution in [0.4, 0.5) is 5.69 Å². The monoisotopic (exact) mass is 403 g/mol. The fourth-order valence-electron chi connectivity index (χ4n) is 2.68. The maximum Gasteiger partial charge on any atom is 0.250 e. The van der Waals surface area contributed by atoms with Crippen LogP contribution in [-0.2, 0) is 4.79 Å². The van der Waals surface area contributed by atoms with Crippen LogP contribution in [0.5, 0.6) is 0 Å². The number of nitrogens with zero attached hydrogens (tertiary/aromatic N) is 1. The first-order chi connectivity index (χ1) is 14.1. The van der Waals surface area contributed by atoms with Gasteiger partial charge in [0, 0.05) is 17.3 Å². The molecule has 2 N–H and O–H groups in total. The molecule has 4 rings (SSSR count). The molecule has 2 aromatic heterocycles. The Bertz CT molecular complexity index is 1190. The van der Waals surface area contributed by atoms with Crippen molar-refractivity contribution in [1.29, 1.82) is 0 Å². The third-order valence-electron chi connectivity index (χ3n) is 4.12. The van der Waals surface area contributed by atoms with E-state index < -0.39 is 0 Å². The number of aryl methyl sites for hydroxylation is 1. The average Bonchev–Trinajstić information content (AvgIpc) is 3.36. The molecular weight excluding hydrogens is 386 g/mol. The molecule has 0 radical (unpaired) electrons. The molecule has 0 saturated heterocycles. The van der Waals surface area contributed by atoms with Crippen molar-refractivity contribution in [2.45, 2.75) is 6.92 Å². The van der Waals surface area contributed by atoms with Gasteiger partial charge in [-0.1, -0.05) is 17.7 Å². The minimum atomic E-state index is -0.358. The number of benzene rings is 2. The van der Waals surface area contributed by atoms with Crippen molar-refractivity contribution in [1.82, 2.24) is 10.3 Å². The number of hydrogen-bond acceptors (Lipinski definition) is 5. The van der Waals surface area contributed by atoms with E-state index in [4.69, 9.17) is 21.1 Å². The molecule has 144 valence electrons. The highest BCUT2D eigenvalue weighted by atomic mass is 32.1. The molecule has 7 heteroatoms. The van der Waals surface area contributed by atoms with Gasteiger partial charge in [0.25, 0.3) is 0 Å². The molecule has 6 nitrogen and oxygen atoms in total. The fraction of sp³-hybridized carbons (Fsp3) is 0.0455. The number of thiocarbonyl (C=S) groups is 1. The number of hydrogen-bond donors (Lipinski definition) is 2. The van der Waals surface area contributed by atoms with Crippen molar-refractivity contribution in [2.24, 2.45) is 0 Å². The Hall–Kier alpha value is -3.71. The summed E-state index contributed by atoms with van der Waals surface area (Å²) in [6.07, 6.45) is 4.45. The first-order valence-corrected chi connectivity index (χ1v) is 9.29. The third kappa shape index (κ3) is 4.59. The topological polar surface area (TPSA) is 80.3 Å². The molecule has 0 saturated carbocycles. The van der Waals surface area contributed by atoms with Gasteiger partial charge in [0.1, 0.15) is 11.3 Å². The zero-order valence-corrected chi connectivity index (χ0v) is 16.3. The molecule has 1 amide bonds. The Balaban J connectivity index is 1.43. The third-order valence-corrected chi connectivity index (χ3v) is 4.33. The van der Waals surface area contributed by atoms with Gasteiger partial charge in [-0.25, -0.2) is 4.98 Å². The van der Waals surface area contributed by atoms with Crippen LogP contribution in [0, 0.1) is 6.92 Å². The van der Waals surface area contributed by atoms with Gasteiger partial charge in [0.05, 0.1) is 6.26 Å². The lowest BCUT2D eigenvalue weighted by molar-refractivity contribution is -0.115. The van der Waals surface area contributed by atoms with Crippen LogP contribution in [0.25, 0.3) is 28.6 Å². The van der Waals surface area contributed by atoms with Gasteiger partial charge in [-0.15, -0.1) is 0 Å². The number of anilines is 1.